The van der Waals surface area contributed by atoms with E-state index < -0.39 is 5.41 Å². The van der Waals surface area contributed by atoms with Gasteiger partial charge in [-0.15, -0.1) is 10.2 Å². The summed E-state index contributed by atoms with van der Waals surface area (Å²) in [4.78, 5) is 29.9. The van der Waals surface area contributed by atoms with Crippen LogP contribution in [0.4, 0.5) is 0 Å². The Bertz CT molecular complexity index is 722. The zero-order chi connectivity index (χ0) is 21.0. The minimum Gasteiger partial charge on any atom is -0.379 e. The Morgan fingerprint density at radius 1 is 1.27 bits per heavy atom. The van der Waals surface area contributed by atoms with Crippen LogP contribution in [0.5, 0.6) is 0 Å². The molecule has 166 valence electrons. The first kappa shape index (κ1) is 21.2. The third-order valence-corrected chi connectivity index (χ3v) is 7.19. The Balaban J connectivity index is 1.40. The molecule has 1 aromatic rings. The quantitative estimate of drug-likeness (QED) is 0.623. The summed E-state index contributed by atoms with van der Waals surface area (Å²) in [7, 11) is 0. The van der Waals surface area contributed by atoms with E-state index in [0.29, 0.717) is 37.3 Å². The molecule has 0 radical (unpaired) electrons. The highest BCUT2D eigenvalue weighted by atomic mass is 16.5. The van der Waals surface area contributed by atoms with Crippen LogP contribution in [0.1, 0.15) is 44.9 Å². The van der Waals surface area contributed by atoms with Gasteiger partial charge in [-0.25, -0.2) is 0 Å². The van der Waals surface area contributed by atoms with Gasteiger partial charge in [-0.2, -0.15) is 5.21 Å². The van der Waals surface area contributed by atoms with Crippen molar-refractivity contribution in [3.05, 3.63) is 5.82 Å². The molecule has 2 saturated heterocycles. The van der Waals surface area contributed by atoms with E-state index in [1.807, 2.05) is 4.90 Å². The first-order valence-electron chi connectivity index (χ1n) is 11.2. The molecule has 10 heteroatoms. The predicted octanol–water partition coefficient (Wildman–Crippen LogP) is -0.0120. The van der Waals surface area contributed by atoms with Crippen molar-refractivity contribution < 1.29 is 14.3 Å². The molecule has 1 saturated carbocycles. The summed E-state index contributed by atoms with van der Waals surface area (Å²) in [6, 6.07) is 0.516. The fourth-order valence-corrected chi connectivity index (χ4v) is 5.46. The van der Waals surface area contributed by atoms with Crippen molar-refractivity contribution in [1.29, 1.82) is 0 Å². The molecule has 30 heavy (non-hydrogen) atoms. The van der Waals surface area contributed by atoms with Crippen LogP contribution in [0, 0.1) is 11.3 Å². The van der Waals surface area contributed by atoms with E-state index in [-0.39, 0.29) is 11.8 Å². The van der Waals surface area contributed by atoms with Crippen molar-refractivity contribution in [2.75, 3.05) is 45.9 Å². The molecule has 2 aliphatic heterocycles. The van der Waals surface area contributed by atoms with Gasteiger partial charge in [0.15, 0.2) is 5.82 Å². The first-order chi connectivity index (χ1) is 14.6. The van der Waals surface area contributed by atoms with Gasteiger partial charge in [-0.3, -0.25) is 14.5 Å². The number of H-pyrrole nitrogens is 1. The number of aromatic nitrogens is 4. The Morgan fingerprint density at radius 2 is 2.10 bits per heavy atom. The van der Waals surface area contributed by atoms with Gasteiger partial charge in [0.25, 0.3) is 0 Å². The molecule has 10 nitrogen and oxygen atoms in total. The second kappa shape index (κ2) is 9.38. The average molecular weight is 420 g/mol. The number of rotatable bonds is 6. The third-order valence-electron chi connectivity index (χ3n) is 7.19. The van der Waals surface area contributed by atoms with E-state index in [9.17, 15) is 9.59 Å². The molecule has 0 unspecified atom stereocenters. The molecular formula is C20H33N7O3. The number of nitrogens with zero attached hydrogens (tertiary/aromatic N) is 5. The molecule has 0 aromatic carbocycles. The minimum absolute atomic E-state index is 0.0630. The van der Waals surface area contributed by atoms with Crippen LogP contribution in [0.15, 0.2) is 0 Å². The van der Waals surface area contributed by atoms with Gasteiger partial charge in [0, 0.05) is 52.1 Å². The molecule has 0 spiro atoms. The van der Waals surface area contributed by atoms with Gasteiger partial charge in [-0.05, 0) is 38.0 Å². The molecule has 2 N–H and O–H groups in total. The van der Waals surface area contributed by atoms with Crippen molar-refractivity contribution in [3.8, 4) is 0 Å². The van der Waals surface area contributed by atoms with Crippen molar-refractivity contribution in [1.82, 2.24) is 35.7 Å². The maximum absolute atomic E-state index is 13.4. The number of amides is 2. The fraction of sp³-hybridized carbons (Fsp3) is 0.850. The number of nitrogens with one attached hydrogen (secondary N) is 2. The summed E-state index contributed by atoms with van der Waals surface area (Å²) in [5.74, 6) is 1.14. The van der Waals surface area contributed by atoms with Gasteiger partial charge in [0.05, 0.1) is 18.6 Å². The number of carbonyl (C=O) groups excluding carboxylic acids is 2. The van der Waals surface area contributed by atoms with Crippen LogP contribution >= 0.6 is 0 Å². The molecule has 2 amide bonds. The second-order valence-corrected chi connectivity index (χ2v) is 8.85. The Morgan fingerprint density at radius 3 is 2.83 bits per heavy atom. The van der Waals surface area contributed by atoms with Crippen molar-refractivity contribution >= 4 is 11.8 Å². The van der Waals surface area contributed by atoms with Crippen LogP contribution in [0.25, 0.3) is 0 Å². The van der Waals surface area contributed by atoms with E-state index in [4.69, 9.17) is 4.74 Å². The van der Waals surface area contributed by atoms with Crippen LogP contribution in [0.3, 0.4) is 0 Å². The van der Waals surface area contributed by atoms with E-state index in [1.165, 1.54) is 0 Å². The number of ether oxygens (including phenoxy) is 1. The summed E-state index contributed by atoms with van der Waals surface area (Å²) in [5, 5.41) is 17.1. The second-order valence-electron chi connectivity index (χ2n) is 8.85. The number of aryl methyl sites for hydroxylation is 1. The van der Waals surface area contributed by atoms with Gasteiger partial charge in [0.2, 0.25) is 11.8 Å². The van der Waals surface area contributed by atoms with E-state index >= 15 is 0 Å². The molecule has 1 aliphatic carbocycles. The van der Waals surface area contributed by atoms with E-state index in [2.05, 4.69) is 30.8 Å². The fourth-order valence-electron chi connectivity index (χ4n) is 5.46. The lowest BCUT2D eigenvalue weighted by molar-refractivity contribution is -0.150. The molecule has 3 fully saturated rings. The number of hydrogen-bond donors (Lipinski definition) is 2. The zero-order valence-electron chi connectivity index (χ0n) is 17.8. The summed E-state index contributed by atoms with van der Waals surface area (Å²) < 4.78 is 5.51. The number of hydrogen-bond acceptors (Lipinski definition) is 7. The lowest BCUT2D eigenvalue weighted by Gasteiger charge is -2.53. The topological polar surface area (TPSA) is 116 Å². The van der Waals surface area contributed by atoms with E-state index in [0.717, 1.165) is 65.0 Å². The minimum atomic E-state index is -0.473. The summed E-state index contributed by atoms with van der Waals surface area (Å²) >= 11 is 0. The molecule has 4 rings (SSSR count). The smallest absolute Gasteiger partial charge is 0.228 e. The summed E-state index contributed by atoms with van der Waals surface area (Å²) in [5.41, 5.74) is -0.473. The number of likely N-dealkylation sites (tertiary alicyclic amines) is 1. The van der Waals surface area contributed by atoms with Gasteiger partial charge in [-0.1, -0.05) is 5.21 Å². The van der Waals surface area contributed by atoms with Crippen LogP contribution in [0.2, 0.25) is 0 Å². The van der Waals surface area contributed by atoms with Crippen LogP contribution < -0.4 is 5.32 Å². The SMILES string of the molecule is CC(=O)N1CC[C@@H]2C[C@H](N3CCOCC3)CC[C@@]2(C(=O)NCCCc2nn[nH]n2)C1. The standard InChI is InChI=1S/C20H33N7O3/c1-15(28)27-8-5-16-13-17(26-9-11-30-12-10-26)4-6-20(16,14-27)19(29)21-7-2-3-18-22-24-25-23-18/h16-17H,2-14H2,1H3,(H,21,29)(H,22,23,24,25)/t16-,17-,20-/m1/s1. The van der Waals surface area contributed by atoms with Crippen molar-refractivity contribution in [3.63, 3.8) is 0 Å². The highest BCUT2D eigenvalue weighted by Crippen LogP contribution is 2.48. The maximum atomic E-state index is 13.4. The van der Waals surface area contributed by atoms with Gasteiger partial charge < -0.3 is 15.0 Å². The third kappa shape index (κ3) is 4.49. The number of morpholine rings is 1. The highest BCUT2D eigenvalue weighted by molar-refractivity contribution is 5.85. The molecule has 1 aromatic heterocycles. The Labute approximate surface area is 177 Å². The van der Waals surface area contributed by atoms with Crippen LogP contribution in [-0.2, 0) is 20.7 Å². The highest BCUT2D eigenvalue weighted by Gasteiger charge is 2.52. The van der Waals surface area contributed by atoms with Crippen molar-refractivity contribution in [2.24, 2.45) is 11.3 Å². The predicted molar refractivity (Wildman–Crippen MR) is 108 cm³/mol. The number of carbonyl (C=O) groups is 2. The first-order valence-corrected chi connectivity index (χ1v) is 11.2. The molecule has 0 bridgehead atoms. The van der Waals surface area contributed by atoms with Crippen LogP contribution in [-0.4, -0.2) is 94.2 Å². The number of tetrazole rings is 1. The number of aromatic amines is 1. The molecule has 3 aliphatic rings. The van der Waals surface area contributed by atoms with Gasteiger partial charge >= 0.3 is 0 Å². The van der Waals surface area contributed by atoms with Crippen molar-refractivity contribution in [2.45, 2.75) is 51.5 Å². The lowest BCUT2D eigenvalue weighted by Crippen LogP contribution is -2.61. The summed E-state index contributed by atoms with van der Waals surface area (Å²) in [6.45, 7) is 7.03. The summed E-state index contributed by atoms with van der Waals surface area (Å²) in [6.07, 6.45) is 5.20. The zero-order valence-corrected chi connectivity index (χ0v) is 17.8. The Kier molecular flexibility index (Phi) is 6.62. The average Bonchev–Trinajstić information content (AvgIpc) is 3.30. The monoisotopic (exact) mass is 419 g/mol. The maximum Gasteiger partial charge on any atom is 0.228 e. The molecular weight excluding hydrogens is 386 g/mol. The number of piperidine rings is 1. The Hall–Kier alpha value is -2.07. The van der Waals surface area contributed by atoms with Gasteiger partial charge in [0.1, 0.15) is 0 Å². The largest absolute Gasteiger partial charge is 0.379 e. The number of fused-ring (bicyclic) bond motifs is 1. The molecule has 3 heterocycles. The normalized spacial score (nSPS) is 30.0. The molecule has 3 atom stereocenters. The lowest BCUT2D eigenvalue weighted by atomic mass is 9.61. The van der Waals surface area contributed by atoms with E-state index in [1.54, 1.807) is 6.92 Å².